The Hall–Kier alpha value is -2.21. The lowest BCUT2D eigenvalue weighted by Crippen LogP contribution is -2.49. The van der Waals surface area contributed by atoms with Crippen LogP contribution in [0, 0.1) is 0 Å². The van der Waals surface area contributed by atoms with E-state index in [1.165, 1.54) is 0 Å². The molecule has 0 aromatic heterocycles. The van der Waals surface area contributed by atoms with Crippen LogP contribution < -0.4 is 15.8 Å². The molecule has 1 aromatic carbocycles. The van der Waals surface area contributed by atoms with Gasteiger partial charge >= 0.3 is 24.5 Å². The van der Waals surface area contributed by atoms with Gasteiger partial charge in [0.05, 0.1) is 4.90 Å². The lowest BCUT2D eigenvalue weighted by Gasteiger charge is -2.28. The van der Waals surface area contributed by atoms with Gasteiger partial charge in [-0.05, 0) is 36.5 Å². The molecule has 0 amide bonds. The number of rotatable bonds is 4. The third kappa shape index (κ3) is 6.63. The molecule has 0 spiro atoms. The normalized spacial score (nSPS) is 13.5. The molecule has 0 unspecified atom stereocenters. The summed E-state index contributed by atoms with van der Waals surface area (Å²) in [6, 6.07) is 3.15. The van der Waals surface area contributed by atoms with Crippen LogP contribution in [0.3, 0.4) is 0 Å². The average molecular weight is 511 g/mol. The zero-order valence-corrected chi connectivity index (χ0v) is 15.8. The van der Waals surface area contributed by atoms with Crippen LogP contribution in [0.4, 0.5) is 54.0 Å². The van der Waals surface area contributed by atoms with Gasteiger partial charge in [-0.3, -0.25) is 0 Å². The quantitative estimate of drug-likeness (QED) is 0.417. The van der Waals surface area contributed by atoms with E-state index in [-0.39, 0.29) is 0 Å². The van der Waals surface area contributed by atoms with Crippen LogP contribution in [0.5, 0.6) is 0 Å². The molecule has 1 rings (SSSR count). The molecule has 0 fully saturated rings. The number of allylic oxidation sites excluding steroid dienone is 2. The van der Waals surface area contributed by atoms with Crippen LogP contribution in [-0.2, 0) is 10.0 Å². The number of nitrogens with one attached hydrogen (secondary N) is 2. The fraction of sp³-hybridized carbons (Fsp3) is 0.308. The van der Waals surface area contributed by atoms with Gasteiger partial charge in [-0.2, -0.15) is 48.3 Å². The van der Waals surface area contributed by atoms with E-state index < -0.39 is 61.4 Å². The Morgan fingerprint density at radius 2 is 1.26 bits per heavy atom. The number of thiocarbonyl (C=S) groups is 1. The van der Waals surface area contributed by atoms with E-state index in [0.717, 1.165) is 24.3 Å². The Morgan fingerprint density at radius 3 is 1.58 bits per heavy atom. The SMILES string of the molecule is NS(=O)(=O)c1ccc(NC(=S)NC(=C(C(F)(F)F)C(F)(F)F)C(F)(F)C(F)(F)F)cc1. The largest absolute Gasteiger partial charge is 0.459 e. The maximum absolute atomic E-state index is 13.6. The van der Waals surface area contributed by atoms with Gasteiger partial charge in [0.25, 0.3) is 0 Å². The number of halogens is 11. The number of alkyl halides is 11. The molecule has 0 bridgehead atoms. The van der Waals surface area contributed by atoms with Crippen LogP contribution in [0.1, 0.15) is 0 Å². The Morgan fingerprint density at radius 1 is 0.839 bits per heavy atom. The van der Waals surface area contributed by atoms with Gasteiger partial charge in [0.2, 0.25) is 10.0 Å². The molecule has 0 aliphatic heterocycles. The van der Waals surface area contributed by atoms with Crippen LogP contribution in [-0.4, -0.2) is 38.0 Å². The predicted molar refractivity (Wildman–Crippen MR) is 87.3 cm³/mol. The first-order valence-electron chi connectivity index (χ1n) is 7.13. The van der Waals surface area contributed by atoms with E-state index in [0.29, 0.717) is 5.32 Å². The molecule has 0 saturated heterocycles. The predicted octanol–water partition coefficient (Wildman–Crippen LogP) is 4.20. The first kappa shape index (κ1) is 26.8. The topological polar surface area (TPSA) is 84.2 Å². The summed E-state index contributed by atoms with van der Waals surface area (Å²) >= 11 is 4.24. The van der Waals surface area contributed by atoms with Crippen molar-refractivity contribution in [3.63, 3.8) is 0 Å². The first-order valence-corrected chi connectivity index (χ1v) is 9.08. The van der Waals surface area contributed by atoms with Crippen LogP contribution in [0.15, 0.2) is 40.4 Å². The van der Waals surface area contributed by atoms with Gasteiger partial charge in [-0.1, -0.05) is 0 Å². The number of anilines is 1. The fourth-order valence-electron chi connectivity index (χ4n) is 1.89. The highest BCUT2D eigenvalue weighted by Crippen LogP contribution is 2.48. The molecule has 0 radical (unpaired) electrons. The average Bonchev–Trinajstić information content (AvgIpc) is 2.50. The van der Waals surface area contributed by atoms with Crippen molar-refractivity contribution in [2.75, 3.05) is 5.32 Å². The molecular formula is C13H8F11N3O2S2. The van der Waals surface area contributed by atoms with Crippen molar-refractivity contribution in [1.82, 2.24) is 5.32 Å². The third-order valence-electron chi connectivity index (χ3n) is 3.17. The lowest BCUT2D eigenvalue weighted by molar-refractivity contribution is -0.269. The fourth-order valence-corrected chi connectivity index (χ4v) is 2.62. The molecule has 0 aliphatic carbocycles. The van der Waals surface area contributed by atoms with Crippen LogP contribution in [0.25, 0.3) is 0 Å². The summed E-state index contributed by atoms with van der Waals surface area (Å²) in [4.78, 5) is -0.502. The Bertz CT molecular complexity index is 946. The number of hydrogen-bond acceptors (Lipinski definition) is 3. The minimum Gasteiger partial charge on any atom is -0.332 e. The van der Waals surface area contributed by atoms with Gasteiger partial charge in [0.1, 0.15) is 5.70 Å². The van der Waals surface area contributed by atoms with Crippen molar-refractivity contribution in [3.05, 3.63) is 35.5 Å². The van der Waals surface area contributed by atoms with Gasteiger partial charge < -0.3 is 10.6 Å². The second-order valence-electron chi connectivity index (χ2n) is 5.47. The smallest absolute Gasteiger partial charge is 0.332 e. The Labute approximate surface area is 171 Å². The third-order valence-corrected chi connectivity index (χ3v) is 4.30. The number of nitrogens with two attached hydrogens (primary N) is 1. The van der Waals surface area contributed by atoms with Crippen molar-refractivity contribution >= 4 is 33.0 Å². The number of primary sulfonamides is 1. The Kier molecular flexibility index (Phi) is 7.25. The minimum absolute atomic E-state index is 0.403. The summed E-state index contributed by atoms with van der Waals surface area (Å²) in [5.74, 6) is -6.64. The first-order chi connectivity index (χ1) is 13.6. The van der Waals surface area contributed by atoms with E-state index in [4.69, 9.17) is 5.14 Å². The molecule has 0 atom stereocenters. The summed E-state index contributed by atoms with van der Waals surface area (Å²) in [6.07, 6.45) is -20.2. The molecule has 5 nitrogen and oxygen atoms in total. The lowest BCUT2D eigenvalue weighted by atomic mass is 10.1. The molecule has 1 aromatic rings. The van der Waals surface area contributed by atoms with Crippen molar-refractivity contribution in [2.24, 2.45) is 5.14 Å². The second kappa shape index (κ2) is 8.38. The van der Waals surface area contributed by atoms with E-state index in [2.05, 4.69) is 12.2 Å². The summed E-state index contributed by atoms with van der Waals surface area (Å²) < 4.78 is 164. The van der Waals surface area contributed by atoms with Gasteiger partial charge in [0, 0.05) is 5.69 Å². The van der Waals surface area contributed by atoms with E-state index in [1.807, 2.05) is 0 Å². The van der Waals surface area contributed by atoms with Crippen molar-refractivity contribution in [1.29, 1.82) is 0 Å². The van der Waals surface area contributed by atoms with Crippen molar-refractivity contribution < 1.29 is 56.7 Å². The van der Waals surface area contributed by atoms with Crippen LogP contribution >= 0.6 is 12.2 Å². The Balaban J connectivity index is 3.46. The zero-order valence-electron chi connectivity index (χ0n) is 14.2. The summed E-state index contributed by atoms with van der Waals surface area (Å²) in [5.41, 5.74) is -8.16. The number of sulfonamides is 1. The highest BCUT2D eigenvalue weighted by atomic mass is 32.2. The highest BCUT2D eigenvalue weighted by Gasteiger charge is 2.66. The highest BCUT2D eigenvalue weighted by molar-refractivity contribution is 7.89. The standard InChI is InChI=1S/C13H8F11N3O2S2/c14-10(15,13(22,23)24)8(7(11(16,17)18)12(19,20)21)27-9(30)26-5-1-3-6(4-2-5)31(25,28)29/h1-4H,(H2,25,28,29)(H2,26,27,30). The molecule has 0 saturated carbocycles. The molecule has 4 N–H and O–H groups in total. The molecular weight excluding hydrogens is 503 g/mol. The number of hydrogen-bond donors (Lipinski definition) is 3. The van der Waals surface area contributed by atoms with E-state index >= 15 is 0 Å². The molecule has 31 heavy (non-hydrogen) atoms. The minimum atomic E-state index is -6.86. The molecule has 18 heteroatoms. The van der Waals surface area contributed by atoms with Crippen LogP contribution in [0.2, 0.25) is 0 Å². The van der Waals surface area contributed by atoms with Crippen molar-refractivity contribution in [3.8, 4) is 0 Å². The maximum Gasteiger partial charge on any atom is 0.459 e. The summed E-state index contributed by atoms with van der Waals surface area (Å²) in [5, 5.41) is 5.63. The van der Waals surface area contributed by atoms with Gasteiger partial charge in [-0.25, -0.2) is 13.6 Å². The van der Waals surface area contributed by atoms with E-state index in [9.17, 15) is 56.7 Å². The molecule has 176 valence electrons. The maximum atomic E-state index is 13.6. The summed E-state index contributed by atoms with van der Waals surface area (Å²) in [7, 11) is -4.20. The van der Waals surface area contributed by atoms with Crippen molar-refractivity contribution in [2.45, 2.75) is 29.3 Å². The molecule has 0 heterocycles. The van der Waals surface area contributed by atoms with E-state index in [1.54, 1.807) is 5.32 Å². The number of benzene rings is 1. The monoisotopic (exact) mass is 511 g/mol. The summed E-state index contributed by atoms with van der Waals surface area (Å²) in [6.45, 7) is 0. The van der Waals surface area contributed by atoms with Gasteiger partial charge in [0.15, 0.2) is 10.7 Å². The second-order valence-corrected chi connectivity index (χ2v) is 7.44. The van der Waals surface area contributed by atoms with Gasteiger partial charge in [-0.15, -0.1) is 0 Å². The molecule has 0 aliphatic rings. The zero-order chi connectivity index (χ0) is 24.6.